The van der Waals surface area contributed by atoms with Crippen LogP contribution >= 0.6 is 39.1 Å². The normalized spacial score (nSPS) is 16.2. The summed E-state index contributed by atoms with van der Waals surface area (Å²) in [5, 5.41) is 4.65. The number of halogens is 3. The highest BCUT2D eigenvalue weighted by atomic mass is 79.9. The standard InChI is InChI=1S/C13H17BrCl2N2/c14-10-8-11(15)13(12(16)9-10)17-4-3-7-18-5-1-2-6-18/h8-9,17H,1-7H2. The summed E-state index contributed by atoms with van der Waals surface area (Å²) in [5.41, 5.74) is 0.836. The fraction of sp³-hybridized carbons (Fsp3) is 0.538. The van der Waals surface area contributed by atoms with E-state index in [1.165, 1.54) is 25.9 Å². The molecule has 0 aliphatic carbocycles. The van der Waals surface area contributed by atoms with Crippen LogP contribution in [0.15, 0.2) is 16.6 Å². The van der Waals surface area contributed by atoms with Crippen LogP contribution in [0.5, 0.6) is 0 Å². The maximum absolute atomic E-state index is 6.15. The zero-order chi connectivity index (χ0) is 13.0. The molecule has 0 spiro atoms. The van der Waals surface area contributed by atoms with Gasteiger partial charge in [0.25, 0.3) is 0 Å². The number of anilines is 1. The third-order valence-electron chi connectivity index (χ3n) is 3.16. The van der Waals surface area contributed by atoms with Gasteiger partial charge in [-0.3, -0.25) is 0 Å². The van der Waals surface area contributed by atoms with Gasteiger partial charge in [0.05, 0.1) is 15.7 Å². The first-order valence-corrected chi connectivity index (χ1v) is 7.82. The van der Waals surface area contributed by atoms with Gasteiger partial charge in [0, 0.05) is 11.0 Å². The van der Waals surface area contributed by atoms with Gasteiger partial charge in [0.2, 0.25) is 0 Å². The molecule has 0 amide bonds. The minimum atomic E-state index is 0.663. The molecule has 100 valence electrons. The Hall–Kier alpha value is 0.0400. The van der Waals surface area contributed by atoms with Crippen molar-refractivity contribution in [3.05, 3.63) is 26.7 Å². The van der Waals surface area contributed by atoms with Crippen LogP contribution in [0.25, 0.3) is 0 Å². The second kappa shape index (κ2) is 6.99. The zero-order valence-electron chi connectivity index (χ0n) is 10.2. The van der Waals surface area contributed by atoms with Crippen molar-refractivity contribution in [3.8, 4) is 0 Å². The highest BCUT2D eigenvalue weighted by molar-refractivity contribution is 9.10. The monoisotopic (exact) mass is 350 g/mol. The summed E-state index contributed by atoms with van der Waals surface area (Å²) in [5.74, 6) is 0. The summed E-state index contributed by atoms with van der Waals surface area (Å²) in [6.07, 6.45) is 3.80. The number of hydrogen-bond acceptors (Lipinski definition) is 2. The largest absolute Gasteiger partial charge is 0.383 e. The first kappa shape index (κ1) is 14.4. The third kappa shape index (κ3) is 4.02. The number of nitrogens with zero attached hydrogens (tertiary/aromatic N) is 1. The smallest absolute Gasteiger partial charge is 0.0719 e. The lowest BCUT2D eigenvalue weighted by atomic mass is 10.3. The van der Waals surface area contributed by atoms with Crippen molar-refractivity contribution in [2.45, 2.75) is 19.3 Å². The van der Waals surface area contributed by atoms with E-state index >= 15 is 0 Å². The molecule has 2 nitrogen and oxygen atoms in total. The van der Waals surface area contributed by atoms with E-state index in [4.69, 9.17) is 23.2 Å². The molecule has 0 unspecified atom stereocenters. The van der Waals surface area contributed by atoms with Crippen LogP contribution < -0.4 is 5.32 Å². The molecule has 1 heterocycles. The van der Waals surface area contributed by atoms with Gasteiger partial charge >= 0.3 is 0 Å². The van der Waals surface area contributed by atoms with Crippen LogP contribution in [0.2, 0.25) is 10.0 Å². The highest BCUT2D eigenvalue weighted by Gasteiger charge is 2.11. The predicted octanol–water partition coefficient (Wildman–Crippen LogP) is 4.65. The van der Waals surface area contributed by atoms with Gasteiger partial charge in [0.15, 0.2) is 0 Å². The fourth-order valence-electron chi connectivity index (χ4n) is 2.23. The van der Waals surface area contributed by atoms with Crippen LogP contribution in [-0.4, -0.2) is 31.1 Å². The SMILES string of the molecule is Clc1cc(Br)cc(Cl)c1NCCCN1CCCC1. The molecule has 1 fully saturated rings. The van der Waals surface area contributed by atoms with E-state index in [1.54, 1.807) is 0 Å². The molecule has 1 N–H and O–H groups in total. The average molecular weight is 352 g/mol. The molecule has 0 aromatic heterocycles. The van der Waals surface area contributed by atoms with Gasteiger partial charge in [0.1, 0.15) is 0 Å². The first-order chi connectivity index (χ1) is 8.66. The van der Waals surface area contributed by atoms with Gasteiger partial charge in [-0.25, -0.2) is 0 Å². The van der Waals surface area contributed by atoms with E-state index in [-0.39, 0.29) is 0 Å². The molecule has 2 rings (SSSR count). The predicted molar refractivity (Wildman–Crippen MR) is 82.9 cm³/mol. The molecule has 1 aliphatic heterocycles. The maximum Gasteiger partial charge on any atom is 0.0719 e. The van der Waals surface area contributed by atoms with Gasteiger partial charge < -0.3 is 10.2 Å². The Morgan fingerprint density at radius 2 is 1.78 bits per heavy atom. The first-order valence-electron chi connectivity index (χ1n) is 6.27. The summed E-state index contributed by atoms with van der Waals surface area (Å²) in [6.45, 7) is 4.55. The Kier molecular flexibility index (Phi) is 5.61. The third-order valence-corrected chi connectivity index (χ3v) is 4.21. The Balaban J connectivity index is 1.79. The number of hydrogen-bond donors (Lipinski definition) is 1. The molecule has 1 aromatic rings. The van der Waals surface area contributed by atoms with Crippen molar-refractivity contribution in [2.24, 2.45) is 0 Å². The number of likely N-dealkylation sites (tertiary alicyclic amines) is 1. The molecule has 1 aromatic carbocycles. The molecule has 18 heavy (non-hydrogen) atoms. The van der Waals surface area contributed by atoms with Crippen molar-refractivity contribution >= 4 is 44.8 Å². The number of rotatable bonds is 5. The van der Waals surface area contributed by atoms with Crippen molar-refractivity contribution in [1.82, 2.24) is 4.90 Å². The Morgan fingerprint density at radius 3 is 2.39 bits per heavy atom. The second-order valence-electron chi connectivity index (χ2n) is 4.57. The summed E-state index contributed by atoms with van der Waals surface area (Å²) in [7, 11) is 0. The maximum atomic E-state index is 6.15. The summed E-state index contributed by atoms with van der Waals surface area (Å²) < 4.78 is 0.903. The molecule has 5 heteroatoms. The molecule has 1 saturated heterocycles. The van der Waals surface area contributed by atoms with Crippen LogP contribution in [0, 0.1) is 0 Å². The fourth-order valence-corrected chi connectivity index (χ4v) is 3.58. The highest BCUT2D eigenvalue weighted by Crippen LogP contribution is 2.33. The van der Waals surface area contributed by atoms with Gasteiger partial charge in [-0.05, 0) is 51.0 Å². The van der Waals surface area contributed by atoms with Crippen molar-refractivity contribution in [2.75, 3.05) is 31.5 Å². The van der Waals surface area contributed by atoms with Crippen LogP contribution in [-0.2, 0) is 0 Å². The molecule has 0 atom stereocenters. The minimum Gasteiger partial charge on any atom is -0.383 e. The molecule has 0 bridgehead atoms. The number of benzene rings is 1. The molecule has 0 radical (unpaired) electrons. The van der Waals surface area contributed by atoms with Crippen molar-refractivity contribution < 1.29 is 0 Å². The van der Waals surface area contributed by atoms with E-state index in [9.17, 15) is 0 Å². The lowest BCUT2D eigenvalue weighted by Crippen LogP contribution is -2.22. The Labute approximate surface area is 127 Å². The van der Waals surface area contributed by atoms with Crippen LogP contribution in [0.4, 0.5) is 5.69 Å². The van der Waals surface area contributed by atoms with E-state index in [1.807, 2.05) is 12.1 Å². The van der Waals surface area contributed by atoms with Gasteiger partial charge in [-0.1, -0.05) is 39.1 Å². The van der Waals surface area contributed by atoms with E-state index in [2.05, 4.69) is 26.1 Å². The van der Waals surface area contributed by atoms with E-state index in [0.29, 0.717) is 10.0 Å². The molecular formula is C13H17BrCl2N2. The Morgan fingerprint density at radius 1 is 1.17 bits per heavy atom. The van der Waals surface area contributed by atoms with Crippen molar-refractivity contribution in [1.29, 1.82) is 0 Å². The lowest BCUT2D eigenvalue weighted by molar-refractivity contribution is 0.337. The zero-order valence-corrected chi connectivity index (χ0v) is 13.3. The van der Waals surface area contributed by atoms with E-state index in [0.717, 1.165) is 29.7 Å². The summed E-state index contributed by atoms with van der Waals surface area (Å²) in [4.78, 5) is 2.51. The lowest BCUT2D eigenvalue weighted by Gasteiger charge is -2.15. The van der Waals surface area contributed by atoms with Crippen LogP contribution in [0.1, 0.15) is 19.3 Å². The second-order valence-corrected chi connectivity index (χ2v) is 6.30. The summed E-state index contributed by atoms with van der Waals surface area (Å²) >= 11 is 15.7. The van der Waals surface area contributed by atoms with Crippen molar-refractivity contribution in [3.63, 3.8) is 0 Å². The molecule has 1 aliphatic rings. The molecular weight excluding hydrogens is 335 g/mol. The average Bonchev–Trinajstić information content (AvgIpc) is 2.79. The minimum absolute atomic E-state index is 0.663. The summed E-state index contributed by atoms with van der Waals surface area (Å²) in [6, 6.07) is 3.71. The molecule has 0 saturated carbocycles. The topological polar surface area (TPSA) is 15.3 Å². The number of nitrogens with one attached hydrogen (secondary N) is 1. The van der Waals surface area contributed by atoms with Gasteiger partial charge in [-0.15, -0.1) is 0 Å². The van der Waals surface area contributed by atoms with E-state index < -0.39 is 0 Å². The Bertz CT molecular complexity index is 383. The van der Waals surface area contributed by atoms with Gasteiger partial charge in [-0.2, -0.15) is 0 Å². The quantitative estimate of drug-likeness (QED) is 0.776. The van der Waals surface area contributed by atoms with Crippen LogP contribution in [0.3, 0.4) is 0 Å².